The van der Waals surface area contributed by atoms with E-state index >= 15 is 0 Å². The minimum atomic E-state index is -1.20. The number of methoxy groups -OCH3 is 1. The van der Waals surface area contributed by atoms with Crippen LogP contribution in [-0.2, 0) is 22.7 Å². The number of amides is 2. The molecule has 0 radical (unpaired) electrons. The highest BCUT2D eigenvalue weighted by Gasteiger charge is 2.52. The first-order chi connectivity index (χ1) is 18.8. The van der Waals surface area contributed by atoms with Crippen LogP contribution in [0.5, 0.6) is 11.5 Å². The van der Waals surface area contributed by atoms with Crippen molar-refractivity contribution in [1.29, 1.82) is 0 Å². The van der Waals surface area contributed by atoms with Gasteiger partial charge in [-0.1, -0.05) is 29.3 Å². The molecule has 0 spiro atoms. The summed E-state index contributed by atoms with van der Waals surface area (Å²) >= 11 is 12.5. The summed E-state index contributed by atoms with van der Waals surface area (Å²) in [5, 5.41) is 34.4. The van der Waals surface area contributed by atoms with Crippen LogP contribution >= 0.6 is 23.2 Å². The second-order valence-corrected chi connectivity index (χ2v) is 10.8. The zero-order valence-corrected chi connectivity index (χ0v) is 22.8. The number of carbonyl (C=O) groups excluding carboxylic acids is 2. The van der Waals surface area contributed by atoms with Crippen LogP contribution in [0.4, 0.5) is 0 Å². The van der Waals surface area contributed by atoms with Crippen LogP contribution in [0.2, 0.25) is 10.0 Å². The Morgan fingerprint density at radius 3 is 2.59 bits per heavy atom. The van der Waals surface area contributed by atoms with E-state index in [4.69, 9.17) is 32.7 Å². The number of benzene rings is 2. The molecule has 1 saturated carbocycles. The molecule has 208 valence electrons. The Morgan fingerprint density at radius 2 is 1.95 bits per heavy atom. The lowest BCUT2D eigenvalue weighted by atomic mass is 9.77. The van der Waals surface area contributed by atoms with E-state index in [0.29, 0.717) is 38.2 Å². The Bertz CT molecular complexity index is 1310. The van der Waals surface area contributed by atoms with Gasteiger partial charge in [0.15, 0.2) is 11.5 Å². The third-order valence-corrected chi connectivity index (χ3v) is 8.01. The third-order valence-electron chi connectivity index (χ3n) is 7.42. The van der Waals surface area contributed by atoms with Gasteiger partial charge in [0.2, 0.25) is 11.8 Å². The van der Waals surface area contributed by atoms with Gasteiger partial charge in [-0.2, -0.15) is 0 Å². The van der Waals surface area contributed by atoms with E-state index in [0.717, 1.165) is 12.8 Å². The van der Waals surface area contributed by atoms with E-state index in [1.165, 1.54) is 7.11 Å². The Kier molecular flexibility index (Phi) is 8.07. The zero-order valence-electron chi connectivity index (χ0n) is 21.3. The molecule has 2 aliphatic carbocycles. The minimum Gasteiger partial charge on any atom is -0.493 e. The van der Waals surface area contributed by atoms with E-state index in [1.54, 1.807) is 41.3 Å². The first-order valence-electron chi connectivity index (χ1n) is 12.8. The van der Waals surface area contributed by atoms with Crippen LogP contribution < -0.4 is 14.8 Å². The van der Waals surface area contributed by atoms with Crippen LogP contribution in [0.1, 0.15) is 35.4 Å². The molecule has 0 unspecified atom stereocenters. The van der Waals surface area contributed by atoms with Gasteiger partial charge in [0.05, 0.1) is 32.3 Å². The second-order valence-electron chi connectivity index (χ2n) is 9.99. The van der Waals surface area contributed by atoms with Crippen molar-refractivity contribution >= 4 is 35.0 Å². The number of carbonyl (C=O) groups is 2. The number of hydrogen-bond acceptors (Lipinski definition) is 7. The van der Waals surface area contributed by atoms with Gasteiger partial charge in [0, 0.05) is 40.2 Å². The molecular formula is C28H30Cl2N2O7. The minimum absolute atomic E-state index is 0.0274. The summed E-state index contributed by atoms with van der Waals surface area (Å²) in [7, 11) is 1.47. The number of hydrogen-bond donors (Lipinski definition) is 4. The van der Waals surface area contributed by atoms with Crippen molar-refractivity contribution < 1.29 is 34.4 Å². The summed E-state index contributed by atoms with van der Waals surface area (Å²) < 4.78 is 11.7. The number of ether oxygens (including phenoxy) is 2. The first-order valence-corrected chi connectivity index (χ1v) is 13.5. The maximum atomic E-state index is 13.6. The maximum absolute atomic E-state index is 13.6. The number of aliphatic hydroxyl groups excluding tert-OH is 3. The van der Waals surface area contributed by atoms with Crippen molar-refractivity contribution in [3.63, 3.8) is 0 Å². The summed E-state index contributed by atoms with van der Waals surface area (Å²) in [6, 6.07) is 7.47. The molecule has 2 aromatic rings. The third kappa shape index (κ3) is 5.34. The van der Waals surface area contributed by atoms with Gasteiger partial charge >= 0.3 is 0 Å². The van der Waals surface area contributed by atoms with Gasteiger partial charge in [-0.15, -0.1) is 0 Å². The summed E-state index contributed by atoms with van der Waals surface area (Å²) in [6.07, 6.45) is 0.986. The molecule has 1 aliphatic heterocycles. The smallest absolute Gasteiger partial charge is 0.247 e. The molecule has 11 heteroatoms. The topological polar surface area (TPSA) is 129 Å². The van der Waals surface area contributed by atoms with Crippen molar-refractivity contribution in [2.45, 2.75) is 50.2 Å². The first kappa shape index (κ1) is 27.7. The second kappa shape index (κ2) is 11.3. The molecule has 0 aromatic heterocycles. The van der Waals surface area contributed by atoms with Crippen molar-refractivity contribution in [3.05, 3.63) is 68.7 Å². The van der Waals surface area contributed by atoms with Gasteiger partial charge in [-0.05, 0) is 54.3 Å². The van der Waals surface area contributed by atoms with Crippen molar-refractivity contribution in [2.75, 3.05) is 20.3 Å². The molecule has 2 amide bonds. The molecule has 1 fully saturated rings. The maximum Gasteiger partial charge on any atom is 0.247 e. The fourth-order valence-corrected chi connectivity index (χ4v) is 5.82. The fraction of sp³-hybridized carbons (Fsp3) is 0.429. The number of nitrogens with one attached hydrogen (secondary N) is 1. The number of fused-ring (bicyclic) bond motifs is 3. The van der Waals surface area contributed by atoms with Crippen LogP contribution in [0.25, 0.3) is 0 Å². The van der Waals surface area contributed by atoms with Gasteiger partial charge in [-0.3, -0.25) is 9.59 Å². The number of nitrogens with zero attached hydrogens (tertiary/aromatic N) is 1. The summed E-state index contributed by atoms with van der Waals surface area (Å²) in [4.78, 5) is 28.5. The van der Waals surface area contributed by atoms with E-state index in [2.05, 4.69) is 5.32 Å². The monoisotopic (exact) mass is 576 g/mol. The largest absolute Gasteiger partial charge is 0.493 e. The molecule has 4 N–H and O–H groups in total. The average molecular weight is 577 g/mol. The molecule has 5 rings (SSSR count). The quantitative estimate of drug-likeness (QED) is 0.361. The van der Waals surface area contributed by atoms with Gasteiger partial charge in [-0.25, -0.2) is 0 Å². The standard InChI is InChI=1S/C28H30Cl2N2O7/c1-38-22-9-14(13-34)8-18-23-19(27(36)31-6-7-33)11-21(24(35)26(23)39-25(18)22)32(28(37)15-2-3-15)12-16-4-5-17(29)10-20(16)30/h4-5,8-11,15,21,23-24,26,33-35H,2-3,6-7,12-13H2,1H3,(H,31,36)/t21-,23+,24+,26+/m1/s1. The molecule has 39 heavy (non-hydrogen) atoms. The van der Waals surface area contributed by atoms with E-state index in [1.807, 2.05) is 0 Å². The molecule has 4 atom stereocenters. The number of aliphatic hydroxyl groups is 3. The van der Waals surface area contributed by atoms with E-state index in [9.17, 15) is 24.9 Å². The van der Waals surface area contributed by atoms with Gasteiger partial charge in [0.1, 0.15) is 12.2 Å². The molecule has 2 aromatic carbocycles. The Morgan fingerprint density at radius 1 is 1.18 bits per heavy atom. The van der Waals surface area contributed by atoms with Crippen molar-refractivity contribution in [1.82, 2.24) is 10.2 Å². The molecule has 3 aliphatic rings. The van der Waals surface area contributed by atoms with Crippen LogP contribution in [-0.4, -0.2) is 70.5 Å². The van der Waals surface area contributed by atoms with E-state index < -0.39 is 30.1 Å². The van der Waals surface area contributed by atoms with Crippen LogP contribution in [0.15, 0.2) is 42.0 Å². The highest BCUT2D eigenvalue weighted by atomic mass is 35.5. The molecule has 0 bridgehead atoms. The zero-order chi connectivity index (χ0) is 27.8. The average Bonchev–Trinajstić information content (AvgIpc) is 3.71. The van der Waals surface area contributed by atoms with Gasteiger partial charge in [0.25, 0.3) is 0 Å². The summed E-state index contributed by atoms with van der Waals surface area (Å²) in [5.74, 6) is -0.735. The molecular weight excluding hydrogens is 547 g/mol. The molecule has 1 heterocycles. The Balaban J connectivity index is 1.60. The number of rotatable bonds is 9. The van der Waals surface area contributed by atoms with Crippen LogP contribution in [0, 0.1) is 5.92 Å². The normalized spacial score (nSPS) is 23.3. The van der Waals surface area contributed by atoms with E-state index in [-0.39, 0.29) is 43.7 Å². The summed E-state index contributed by atoms with van der Waals surface area (Å²) in [5.41, 5.74) is 2.08. The van der Waals surface area contributed by atoms with Crippen LogP contribution in [0.3, 0.4) is 0 Å². The highest BCUT2D eigenvalue weighted by molar-refractivity contribution is 6.35. The number of halogens is 2. The SMILES string of the molecule is COc1cc(CO)cc2c1O[C@@H]1[C@@H](O)[C@H](N(Cc3ccc(Cl)cc3Cl)C(=O)C3CC3)C=C(C(=O)NCCO)[C@H]21. The lowest BCUT2D eigenvalue weighted by Gasteiger charge is -2.41. The fourth-order valence-electron chi connectivity index (χ4n) is 5.35. The summed E-state index contributed by atoms with van der Waals surface area (Å²) in [6.45, 7) is -0.388. The Hall–Kier alpha value is -2.82. The Labute approximate surface area is 235 Å². The lowest BCUT2D eigenvalue weighted by Crippen LogP contribution is -2.55. The molecule has 0 saturated heterocycles. The highest BCUT2D eigenvalue weighted by Crippen LogP contribution is 2.51. The van der Waals surface area contributed by atoms with Crippen molar-refractivity contribution in [3.8, 4) is 11.5 Å². The molecule has 9 nitrogen and oxygen atoms in total. The lowest BCUT2D eigenvalue weighted by molar-refractivity contribution is -0.139. The van der Waals surface area contributed by atoms with Gasteiger partial charge < -0.3 is 35.0 Å². The predicted molar refractivity (Wildman–Crippen MR) is 144 cm³/mol. The van der Waals surface area contributed by atoms with Crippen molar-refractivity contribution in [2.24, 2.45) is 5.92 Å². The predicted octanol–water partition coefficient (Wildman–Crippen LogP) is 2.56.